The Balaban J connectivity index is 1.40. The van der Waals surface area contributed by atoms with E-state index in [1.165, 1.54) is 0 Å². The van der Waals surface area contributed by atoms with Crippen molar-refractivity contribution in [3.05, 3.63) is 78.4 Å². The van der Waals surface area contributed by atoms with E-state index in [1.54, 1.807) is 0 Å². The molecule has 154 valence electrons. The molecule has 1 aliphatic rings. The van der Waals surface area contributed by atoms with Crippen LogP contribution in [0.2, 0.25) is 0 Å². The van der Waals surface area contributed by atoms with E-state index in [4.69, 9.17) is 14.2 Å². The summed E-state index contributed by atoms with van der Waals surface area (Å²) in [6.07, 6.45) is 1.02. The predicted molar refractivity (Wildman–Crippen MR) is 117 cm³/mol. The Morgan fingerprint density at radius 1 is 0.933 bits per heavy atom. The lowest BCUT2D eigenvalue weighted by Crippen LogP contribution is -2.26. The first-order valence-corrected chi connectivity index (χ1v) is 10.2. The van der Waals surface area contributed by atoms with Gasteiger partial charge in [-0.05, 0) is 48.9 Å². The molecule has 5 nitrogen and oxygen atoms in total. The second-order valence-electron chi connectivity index (χ2n) is 7.02. The van der Waals surface area contributed by atoms with Crippen LogP contribution >= 0.6 is 0 Å². The van der Waals surface area contributed by atoms with E-state index in [0.29, 0.717) is 26.2 Å². The zero-order valence-electron chi connectivity index (χ0n) is 17.0. The third-order valence-corrected chi connectivity index (χ3v) is 5.01. The molecule has 0 spiro atoms. The highest BCUT2D eigenvalue weighted by Gasteiger charge is 2.23. The van der Waals surface area contributed by atoms with Crippen molar-refractivity contribution in [1.82, 2.24) is 0 Å². The molecule has 0 N–H and O–H groups in total. The van der Waals surface area contributed by atoms with Crippen molar-refractivity contribution in [3.8, 4) is 17.2 Å². The number of rotatable bonds is 9. The Kier molecular flexibility index (Phi) is 6.30. The number of carbonyl (C=O) groups excluding carboxylic acids is 1. The van der Waals surface area contributed by atoms with E-state index in [2.05, 4.69) is 17.0 Å². The van der Waals surface area contributed by atoms with E-state index in [0.717, 1.165) is 40.5 Å². The number of ether oxygens (including phenoxy) is 3. The fourth-order valence-electron chi connectivity index (χ4n) is 3.59. The van der Waals surface area contributed by atoms with Crippen LogP contribution in [0.1, 0.15) is 12.5 Å². The van der Waals surface area contributed by atoms with Crippen molar-refractivity contribution in [2.75, 3.05) is 24.7 Å². The van der Waals surface area contributed by atoms with Gasteiger partial charge in [-0.3, -0.25) is 0 Å². The normalized spacial score (nSPS) is 13.0. The third-order valence-electron chi connectivity index (χ3n) is 5.01. The standard InChI is InChI=1S/C25H25NO4/c1-2-28-21(18-27)17-19-11-13-20(14-12-19)29-16-15-26-22-7-3-5-9-24(22)30-25-10-6-4-8-23(25)26/h3-14,18,21H,2,15-17H2,1H3/t21-/m0/s1. The van der Waals surface area contributed by atoms with Crippen LogP contribution in [0.4, 0.5) is 11.4 Å². The second-order valence-corrected chi connectivity index (χ2v) is 7.02. The van der Waals surface area contributed by atoms with Crippen LogP contribution in [0.3, 0.4) is 0 Å². The largest absolute Gasteiger partial charge is 0.492 e. The fraction of sp³-hybridized carbons (Fsp3) is 0.240. The molecular weight excluding hydrogens is 378 g/mol. The predicted octanol–water partition coefficient (Wildman–Crippen LogP) is 5.16. The lowest BCUT2D eigenvalue weighted by molar-refractivity contribution is -0.117. The second kappa shape index (κ2) is 9.46. The van der Waals surface area contributed by atoms with Crippen molar-refractivity contribution >= 4 is 17.7 Å². The maximum absolute atomic E-state index is 11.1. The first-order valence-electron chi connectivity index (χ1n) is 10.2. The molecule has 0 aromatic heterocycles. The fourth-order valence-corrected chi connectivity index (χ4v) is 3.59. The van der Waals surface area contributed by atoms with Crippen LogP contribution in [-0.2, 0) is 16.0 Å². The maximum Gasteiger partial charge on any atom is 0.151 e. The molecule has 0 saturated heterocycles. The summed E-state index contributed by atoms with van der Waals surface area (Å²) < 4.78 is 17.4. The summed E-state index contributed by atoms with van der Waals surface area (Å²) in [5.41, 5.74) is 3.11. The zero-order valence-corrected chi connectivity index (χ0v) is 17.0. The molecule has 3 aromatic carbocycles. The molecule has 0 amide bonds. The molecule has 0 aliphatic carbocycles. The summed E-state index contributed by atoms with van der Waals surface area (Å²) >= 11 is 0. The monoisotopic (exact) mass is 403 g/mol. The van der Waals surface area contributed by atoms with Crippen molar-refractivity contribution < 1.29 is 19.0 Å². The van der Waals surface area contributed by atoms with Gasteiger partial charge in [-0.2, -0.15) is 0 Å². The number of anilines is 2. The van der Waals surface area contributed by atoms with E-state index >= 15 is 0 Å². The zero-order chi connectivity index (χ0) is 20.8. The topological polar surface area (TPSA) is 48.0 Å². The van der Waals surface area contributed by atoms with E-state index in [9.17, 15) is 4.79 Å². The summed E-state index contributed by atoms with van der Waals surface area (Å²) in [5.74, 6) is 2.49. The van der Waals surface area contributed by atoms with Crippen LogP contribution in [0.5, 0.6) is 17.2 Å². The lowest BCUT2D eigenvalue weighted by Gasteiger charge is -2.32. The van der Waals surface area contributed by atoms with E-state index in [1.807, 2.05) is 67.6 Å². The number of nitrogens with zero attached hydrogens (tertiary/aromatic N) is 1. The van der Waals surface area contributed by atoms with E-state index < -0.39 is 6.10 Å². The molecule has 0 bridgehead atoms. The van der Waals surface area contributed by atoms with Crippen molar-refractivity contribution in [2.45, 2.75) is 19.4 Å². The van der Waals surface area contributed by atoms with Gasteiger partial charge in [0, 0.05) is 13.0 Å². The highest BCUT2D eigenvalue weighted by Crippen LogP contribution is 2.45. The number of hydrogen-bond donors (Lipinski definition) is 0. The number of fused-ring (bicyclic) bond motifs is 2. The molecule has 5 heteroatoms. The number of para-hydroxylation sites is 4. The molecule has 0 saturated carbocycles. The van der Waals surface area contributed by atoms with Gasteiger partial charge in [0.2, 0.25) is 0 Å². The van der Waals surface area contributed by atoms with Gasteiger partial charge >= 0.3 is 0 Å². The molecule has 1 atom stereocenters. The quantitative estimate of drug-likeness (QED) is 0.462. The minimum absolute atomic E-state index is 0.400. The van der Waals surface area contributed by atoms with Crippen LogP contribution < -0.4 is 14.4 Å². The Bertz CT molecular complexity index is 941. The molecule has 30 heavy (non-hydrogen) atoms. The molecular formula is C25H25NO4. The SMILES string of the molecule is CCO[C@H](C=O)Cc1ccc(OCCN2c3ccccc3Oc3ccccc32)cc1. The Labute approximate surface area is 176 Å². The molecule has 4 rings (SSSR count). The highest BCUT2D eigenvalue weighted by atomic mass is 16.5. The average molecular weight is 403 g/mol. The first kappa shape index (κ1) is 20.0. The molecule has 0 fully saturated rings. The number of hydrogen-bond acceptors (Lipinski definition) is 5. The van der Waals surface area contributed by atoms with Crippen molar-refractivity contribution in [2.24, 2.45) is 0 Å². The van der Waals surface area contributed by atoms with Gasteiger partial charge in [0.05, 0.1) is 17.9 Å². The molecule has 0 radical (unpaired) electrons. The lowest BCUT2D eigenvalue weighted by atomic mass is 10.1. The maximum atomic E-state index is 11.1. The summed E-state index contributed by atoms with van der Waals surface area (Å²) in [5, 5.41) is 0. The molecule has 0 unspecified atom stereocenters. The first-order chi connectivity index (χ1) is 14.8. The van der Waals surface area contributed by atoms with Gasteiger partial charge in [0.25, 0.3) is 0 Å². The van der Waals surface area contributed by atoms with Gasteiger partial charge in [-0.1, -0.05) is 36.4 Å². The van der Waals surface area contributed by atoms with Crippen molar-refractivity contribution in [1.29, 1.82) is 0 Å². The molecule has 1 heterocycles. The van der Waals surface area contributed by atoms with Gasteiger partial charge in [0.1, 0.15) is 24.7 Å². The van der Waals surface area contributed by atoms with Crippen LogP contribution in [-0.4, -0.2) is 32.1 Å². The van der Waals surface area contributed by atoms with Crippen LogP contribution in [0.25, 0.3) is 0 Å². The van der Waals surface area contributed by atoms with E-state index in [-0.39, 0.29) is 0 Å². The Hall–Kier alpha value is -3.31. The Morgan fingerprint density at radius 3 is 2.17 bits per heavy atom. The van der Waals surface area contributed by atoms with Crippen LogP contribution in [0, 0.1) is 0 Å². The third kappa shape index (κ3) is 4.47. The highest BCUT2D eigenvalue weighted by molar-refractivity contribution is 5.77. The Morgan fingerprint density at radius 2 is 1.57 bits per heavy atom. The molecule has 1 aliphatic heterocycles. The summed E-state index contributed by atoms with van der Waals surface area (Å²) in [6.45, 7) is 3.63. The van der Waals surface area contributed by atoms with Crippen molar-refractivity contribution in [3.63, 3.8) is 0 Å². The smallest absolute Gasteiger partial charge is 0.151 e. The minimum atomic E-state index is -0.400. The van der Waals surface area contributed by atoms with Gasteiger partial charge in [-0.25, -0.2) is 0 Å². The minimum Gasteiger partial charge on any atom is -0.492 e. The summed E-state index contributed by atoms with van der Waals surface area (Å²) in [6, 6.07) is 23.9. The number of benzene rings is 3. The van der Waals surface area contributed by atoms with Gasteiger partial charge in [0.15, 0.2) is 11.5 Å². The van der Waals surface area contributed by atoms with Crippen LogP contribution in [0.15, 0.2) is 72.8 Å². The van der Waals surface area contributed by atoms with Gasteiger partial charge < -0.3 is 23.9 Å². The van der Waals surface area contributed by atoms with Gasteiger partial charge in [-0.15, -0.1) is 0 Å². The summed E-state index contributed by atoms with van der Waals surface area (Å²) in [7, 11) is 0. The number of carbonyl (C=O) groups is 1. The average Bonchev–Trinajstić information content (AvgIpc) is 2.79. The summed E-state index contributed by atoms with van der Waals surface area (Å²) in [4.78, 5) is 13.3. The molecule has 3 aromatic rings. The number of aldehydes is 1.